The SMILES string of the molecule is CN(c1ncnc2[nH]ccc12)C1CCC(CS(=O)(=O)CCC(O)c2ccc(F)c(F)c2)CC1. The minimum Gasteiger partial charge on any atom is -0.388 e. The first-order valence-corrected chi connectivity index (χ1v) is 12.9. The van der Waals surface area contributed by atoms with Crippen molar-refractivity contribution in [2.24, 2.45) is 5.92 Å². The van der Waals surface area contributed by atoms with Crippen molar-refractivity contribution < 1.29 is 22.3 Å². The molecule has 2 aromatic heterocycles. The molecule has 0 saturated heterocycles. The van der Waals surface area contributed by atoms with Crippen LogP contribution in [0.2, 0.25) is 0 Å². The van der Waals surface area contributed by atoms with E-state index in [2.05, 4.69) is 19.9 Å². The van der Waals surface area contributed by atoms with Gasteiger partial charge in [0.15, 0.2) is 21.5 Å². The number of halogens is 2. The van der Waals surface area contributed by atoms with Crippen molar-refractivity contribution in [2.75, 3.05) is 23.5 Å². The number of aliphatic hydroxyl groups excluding tert-OH is 1. The number of hydrogen-bond acceptors (Lipinski definition) is 6. The van der Waals surface area contributed by atoms with Gasteiger partial charge in [-0.1, -0.05) is 6.07 Å². The van der Waals surface area contributed by atoms with E-state index in [-0.39, 0.29) is 35.4 Å². The molecule has 1 unspecified atom stereocenters. The number of nitrogens with zero attached hydrogens (tertiary/aromatic N) is 3. The van der Waals surface area contributed by atoms with Crippen LogP contribution in [0.3, 0.4) is 0 Å². The highest BCUT2D eigenvalue weighted by Crippen LogP contribution is 2.32. The number of aliphatic hydroxyl groups is 1. The fraction of sp³-hybridized carbons (Fsp3) is 0.478. The summed E-state index contributed by atoms with van der Waals surface area (Å²) >= 11 is 0. The zero-order valence-electron chi connectivity index (χ0n) is 18.4. The summed E-state index contributed by atoms with van der Waals surface area (Å²) in [6.45, 7) is 0. The number of aromatic amines is 1. The van der Waals surface area contributed by atoms with Crippen molar-refractivity contribution in [1.29, 1.82) is 0 Å². The lowest BCUT2D eigenvalue weighted by atomic mass is 9.86. The second-order valence-corrected chi connectivity index (χ2v) is 11.0. The van der Waals surface area contributed by atoms with E-state index >= 15 is 0 Å². The predicted octanol–water partition coefficient (Wildman–Crippen LogP) is 3.77. The van der Waals surface area contributed by atoms with E-state index in [1.807, 2.05) is 19.3 Å². The summed E-state index contributed by atoms with van der Waals surface area (Å²) in [5.74, 6) is -1.25. The number of sulfone groups is 1. The van der Waals surface area contributed by atoms with Crippen LogP contribution in [0.25, 0.3) is 11.0 Å². The molecule has 2 N–H and O–H groups in total. The number of nitrogens with one attached hydrogen (secondary N) is 1. The molecule has 33 heavy (non-hydrogen) atoms. The Labute approximate surface area is 191 Å². The Morgan fingerprint density at radius 2 is 1.91 bits per heavy atom. The van der Waals surface area contributed by atoms with Crippen LogP contribution in [0, 0.1) is 17.6 Å². The van der Waals surface area contributed by atoms with E-state index in [1.54, 1.807) is 0 Å². The Hall–Kier alpha value is -2.59. The van der Waals surface area contributed by atoms with Crippen molar-refractivity contribution in [3.05, 3.63) is 54.0 Å². The summed E-state index contributed by atoms with van der Waals surface area (Å²) in [7, 11) is -1.37. The second kappa shape index (κ2) is 9.72. The van der Waals surface area contributed by atoms with Gasteiger partial charge in [-0.25, -0.2) is 27.2 Å². The molecular formula is C23H28F2N4O3S. The highest BCUT2D eigenvalue weighted by atomic mass is 32.2. The second-order valence-electron chi connectivity index (χ2n) is 8.82. The molecule has 1 fully saturated rings. The van der Waals surface area contributed by atoms with Gasteiger partial charge in [0.2, 0.25) is 0 Å². The average Bonchev–Trinajstić information content (AvgIpc) is 3.28. The summed E-state index contributed by atoms with van der Waals surface area (Å²) in [4.78, 5) is 13.9. The molecule has 4 rings (SSSR count). The van der Waals surface area contributed by atoms with Crippen molar-refractivity contribution in [3.63, 3.8) is 0 Å². The highest BCUT2D eigenvalue weighted by molar-refractivity contribution is 7.91. The fourth-order valence-corrected chi connectivity index (χ4v) is 6.43. The van der Waals surface area contributed by atoms with E-state index in [0.717, 1.165) is 54.7 Å². The summed E-state index contributed by atoms with van der Waals surface area (Å²) in [5, 5.41) is 11.2. The molecule has 1 atom stereocenters. The summed E-state index contributed by atoms with van der Waals surface area (Å²) < 4.78 is 51.7. The molecule has 178 valence electrons. The molecule has 1 saturated carbocycles. The fourth-order valence-electron chi connectivity index (χ4n) is 4.63. The van der Waals surface area contributed by atoms with Gasteiger partial charge in [0.1, 0.15) is 17.8 Å². The molecule has 7 nitrogen and oxygen atoms in total. The lowest BCUT2D eigenvalue weighted by molar-refractivity contribution is 0.173. The topological polar surface area (TPSA) is 99.2 Å². The Kier molecular flexibility index (Phi) is 6.94. The minimum atomic E-state index is -3.38. The van der Waals surface area contributed by atoms with Crippen molar-refractivity contribution in [2.45, 2.75) is 44.2 Å². The van der Waals surface area contributed by atoms with Crippen LogP contribution in [0.15, 0.2) is 36.8 Å². The molecule has 1 aliphatic carbocycles. The van der Waals surface area contributed by atoms with Crippen molar-refractivity contribution >= 4 is 26.7 Å². The molecule has 2 heterocycles. The molecule has 0 spiro atoms. The third kappa shape index (κ3) is 5.50. The highest BCUT2D eigenvalue weighted by Gasteiger charge is 2.29. The van der Waals surface area contributed by atoms with Gasteiger partial charge in [0, 0.05) is 19.3 Å². The first-order chi connectivity index (χ1) is 15.7. The number of hydrogen-bond donors (Lipinski definition) is 2. The molecule has 1 aromatic carbocycles. The van der Waals surface area contributed by atoms with E-state index in [1.165, 1.54) is 12.4 Å². The van der Waals surface area contributed by atoms with E-state index in [9.17, 15) is 22.3 Å². The number of fused-ring (bicyclic) bond motifs is 1. The third-order valence-corrected chi connectivity index (χ3v) is 8.39. The van der Waals surface area contributed by atoms with Crippen LogP contribution in [-0.4, -0.2) is 53.1 Å². The minimum absolute atomic E-state index is 0.0497. The van der Waals surface area contributed by atoms with Gasteiger partial charge in [-0.2, -0.15) is 0 Å². The standard InChI is InChI=1S/C23H28F2N4O3S/c1-29(23-18-8-10-26-22(18)27-14-28-23)17-5-2-15(3-6-17)13-33(31,32)11-9-21(30)16-4-7-19(24)20(25)12-16/h4,7-8,10,12,14-15,17,21,30H,2-3,5-6,9,11,13H2,1H3,(H,26,27,28). The predicted molar refractivity (Wildman–Crippen MR) is 123 cm³/mol. The lowest BCUT2D eigenvalue weighted by Gasteiger charge is -2.35. The number of H-pyrrole nitrogens is 1. The van der Waals surface area contributed by atoms with Crippen molar-refractivity contribution in [3.8, 4) is 0 Å². The van der Waals surface area contributed by atoms with Gasteiger partial charge in [-0.05, 0) is 61.8 Å². The van der Waals surface area contributed by atoms with Gasteiger partial charge in [-0.15, -0.1) is 0 Å². The molecule has 0 bridgehead atoms. The van der Waals surface area contributed by atoms with E-state index in [0.29, 0.717) is 0 Å². The van der Waals surface area contributed by atoms with Gasteiger partial charge >= 0.3 is 0 Å². The Balaban J connectivity index is 1.29. The molecule has 0 aliphatic heterocycles. The monoisotopic (exact) mass is 478 g/mol. The molecule has 1 aliphatic rings. The summed E-state index contributed by atoms with van der Waals surface area (Å²) in [5.41, 5.74) is 0.964. The van der Waals surface area contributed by atoms with Crippen LogP contribution in [-0.2, 0) is 9.84 Å². The van der Waals surface area contributed by atoms with Crippen molar-refractivity contribution in [1.82, 2.24) is 15.0 Å². The first-order valence-electron chi connectivity index (χ1n) is 11.1. The van der Waals surface area contributed by atoms with E-state index < -0.39 is 27.6 Å². The molecular weight excluding hydrogens is 450 g/mol. The van der Waals surface area contributed by atoms with E-state index in [4.69, 9.17) is 0 Å². The maximum Gasteiger partial charge on any atom is 0.159 e. The van der Waals surface area contributed by atoms with Crippen LogP contribution >= 0.6 is 0 Å². The zero-order chi connectivity index (χ0) is 23.6. The first kappa shape index (κ1) is 23.6. The van der Waals surface area contributed by atoms with Gasteiger partial charge in [0.25, 0.3) is 0 Å². The third-order valence-electron chi connectivity index (χ3n) is 6.55. The van der Waals surface area contributed by atoms with Crippen LogP contribution < -0.4 is 4.90 Å². The Morgan fingerprint density at radius 3 is 2.64 bits per heavy atom. The molecule has 3 aromatic rings. The van der Waals surface area contributed by atoms with Crippen LogP contribution in [0.4, 0.5) is 14.6 Å². The summed E-state index contributed by atoms with van der Waals surface area (Å²) in [6.07, 6.45) is 5.49. The quantitative estimate of drug-likeness (QED) is 0.511. The number of anilines is 1. The van der Waals surface area contributed by atoms with Gasteiger partial charge in [-0.3, -0.25) is 0 Å². The number of aromatic nitrogens is 3. The maximum atomic E-state index is 13.4. The Morgan fingerprint density at radius 1 is 1.15 bits per heavy atom. The molecule has 0 amide bonds. The largest absolute Gasteiger partial charge is 0.388 e. The maximum absolute atomic E-state index is 13.4. The normalized spacial score (nSPS) is 20.1. The van der Waals surface area contributed by atoms with Crippen LogP contribution in [0.1, 0.15) is 43.8 Å². The molecule has 0 radical (unpaired) electrons. The Bertz CT molecular complexity index is 1210. The zero-order valence-corrected chi connectivity index (χ0v) is 19.2. The van der Waals surface area contributed by atoms with Gasteiger partial charge < -0.3 is 15.0 Å². The average molecular weight is 479 g/mol. The number of rotatable bonds is 8. The van der Waals surface area contributed by atoms with Crippen LogP contribution in [0.5, 0.6) is 0 Å². The summed E-state index contributed by atoms with van der Waals surface area (Å²) in [6, 6.07) is 5.33. The molecule has 10 heteroatoms. The number of benzene rings is 1. The lowest BCUT2D eigenvalue weighted by Crippen LogP contribution is -2.37. The smallest absolute Gasteiger partial charge is 0.159 e. The van der Waals surface area contributed by atoms with Gasteiger partial charge in [0.05, 0.1) is 23.0 Å².